The Bertz CT molecular complexity index is 1190. The van der Waals surface area contributed by atoms with Crippen LogP contribution in [0.15, 0.2) is 79.4 Å². The lowest BCUT2D eigenvalue weighted by Gasteiger charge is -2.13. The van der Waals surface area contributed by atoms with Gasteiger partial charge in [-0.25, -0.2) is 4.98 Å². The van der Waals surface area contributed by atoms with Gasteiger partial charge in [-0.2, -0.15) is 0 Å². The van der Waals surface area contributed by atoms with Crippen LogP contribution in [0, 0.1) is 6.92 Å². The van der Waals surface area contributed by atoms with Gasteiger partial charge in [0.05, 0.1) is 24.8 Å². The zero-order valence-corrected chi connectivity index (χ0v) is 18.9. The summed E-state index contributed by atoms with van der Waals surface area (Å²) in [5.74, 6) is 2.58. The van der Waals surface area contributed by atoms with Crippen LogP contribution >= 0.6 is 0 Å². The molecule has 0 atom stereocenters. The molecule has 164 valence electrons. The highest BCUT2D eigenvalue weighted by molar-refractivity contribution is 5.80. The fraction of sp³-hybridized carbons (Fsp3) is 0.250. The van der Waals surface area contributed by atoms with Gasteiger partial charge < -0.3 is 14.0 Å². The number of hydrogen-bond donors (Lipinski definition) is 0. The molecule has 0 saturated carbocycles. The van der Waals surface area contributed by atoms with E-state index in [0.29, 0.717) is 6.61 Å². The van der Waals surface area contributed by atoms with Crippen molar-refractivity contribution >= 4 is 11.0 Å². The predicted octanol–water partition coefficient (Wildman–Crippen LogP) is 6.61. The summed E-state index contributed by atoms with van der Waals surface area (Å²) in [5.41, 5.74) is 5.76. The van der Waals surface area contributed by atoms with E-state index in [2.05, 4.69) is 66.6 Å². The second-order valence-corrected chi connectivity index (χ2v) is 7.98. The van der Waals surface area contributed by atoms with Gasteiger partial charge in [-0.3, -0.25) is 0 Å². The van der Waals surface area contributed by atoms with E-state index in [9.17, 15) is 0 Å². The van der Waals surface area contributed by atoms with Gasteiger partial charge in [0.15, 0.2) is 11.5 Å². The van der Waals surface area contributed by atoms with Crippen LogP contribution in [0.25, 0.3) is 22.4 Å². The van der Waals surface area contributed by atoms with E-state index >= 15 is 0 Å². The van der Waals surface area contributed by atoms with Gasteiger partial charge in [0.2, 0.25) is 0 Å². The summed E-state index contributed by atoms with van der Waals surface area (Å²) in [6.45, 7) is 7.43. The lowest BCUT2D eigenvalue weighted by molar-refractivity contribution is 0.284. The number of ether oxygens (including phenoxy) is 2. The summed E-state index contributed by atoms with van der Waals surface area (Å²) in [6, 6.07) is 23.0. The molecule has 0 spiro atoms. The number of rotatable bonds is 10. The Morgan fingerprint density at radius 3 is 2.56 bits per heavy atom. The van der Waals surface area contributed by atoms with Gasteiger partial charge in [-0.1, -0.05) is 54.1 Å². The van der Waals surface area contributed by atoms with Gasteiger partial charge in [0.25, 0.3) is 0 Å². The number of aromatic nitrogens is 2. The van der Waals surface area contributed by atoms with Gasteiger partial charge in [-0.15, -0.1) is 6.58 Å². The van der Waals surface area contributed by atoms with Crippen LogP contribution in [0.4, 0.5) is 0 Å². The molecule has 4 heteroatoms. The van der Waals surface area contributed by atoms with Crippen LogP contribution in [0.5, 0.6) is 11.5 Å². The van der Waals surface area contributed by atoms with Gasteiger partial charge >= 0.3 is 0 Å². The van der Waals surface area contributed by atoms with E-state index in [1.807, 2.05) is 24.3 Å². The maximum Gasteiger partial charge on any atom is 0.161 e. The van der Waals surface area contributed by atoms with Gasteiger partial charge in [0.1, 0.15) is 5.82 Å². The molecule has 0 amide bonds. The molecule has 3 aromatic carbocycles. The fourth-order valence-electron chi connectivity index (χ4n) is 3.90. The van der Waals surface area contributed by atoms with Crippen molar-refractivity contribution in [3.05, 3.63) is 90.5 Å². The minimum atomic E-state index is 0.643. The summed E-state index contributed by atoms with van der Waals surface area (Å²) in [6.07, 6.45) is 4.65. The second-order valence-electron chi connectivity index (χ2n) is 7.98. The van der Waals surface area contributed by atoms with Crippen LogP contribution in [-0.4, -0.2) is 23.3 Å². The van der Waals surface area contributed by atoms with E-state index in [0.717, 1.165) is 54.2 Å². The first-order valence-electron chi connectivity index (χ1n) is 11.1. The normalized spacial score (nSPS) is 10.9. The van der Waals surface area contributed by atoms with Crippen molar-refractivity contribution in [3.63, 3.8) is 0 Å². The van der Waals surface area contributed by atoms with Crippen LogP contribution in [0.1, 0.15) is 24.0 Å². The molecule has 0 aliphatic carbocycles. The van der Waals surface area contributed by atoms with E-state index in [1.54, 1.807) is 7.11 Å². The second kappa shape index (κ2) is 10.2. The topological polar surface area (TPSA) is 36.3 Å². The third kappa shape index (κ3) is 4.86. The summed E-state index contributed by atoms with van der Waals surface area (Å²) in [7, 11) is 1.68. The van der Waals surface area contributed by atoms with Crippen LogP contribution in [0.2, 0.25) is 0 Å². The number of nitrogens with zero attached hydrogens (tertiary/aromatic N) is 2. The molecule has 4 nitrogen and oxygen atoms in total. The number of hydrogen-bond acceptors (Lipinski definition) is 3. The quantitative estimate of drug-likeness (QED) is 0.211. The van der Waals surface area contributed by atoms with Gasteiger partial charge in [0, 0.05) is 12.1 Å². The minimum absolute atomic E-state index is 0.643. The predicted molar refractivity (Wildman–Crippen MR) is 132 cm³/mol. The molecule has 1 aromatic heterocycles. The van der Waals surface area contributed by atoms with E-state index < -0.39 is 0 Å². The number of methoxy groups -OCH3 is 1. The molecule has 0 aliphatic rings. The van der Waals surface area contributed by atoms with Crippen molar-refractivity contribution in [3.8, 4) is 22.9 Å². The summed E-state index contributed by atoms with van der Waals surface area (Å²) in [4.78, 5) is 4.91. The van der Waals surface area contributed by atoms with Crippen molar-refractivity contribution < 1.29 is 9.47 Å². The monoisotopic (exact) mass is 426 g/mol. The Hall–Kier alpha value is -3.53. The maximum atomic E-state index is 6.02. The smallest absolute Gasteiger partial charge is 0.161 e. The zero-order valence-electron chi connectivity index (χ0n) is 18.9. The number of para-hydroxylation sites is 2. The standard InChI is InChI=1S/C28H30N2O2/c1-4-9-22-14-17-26(27(20-22)31-3)32-19-8-7-18-30-25-11-6-5-10-24(25)29-28(30)23-15-12-21(2)13-16-23/h4-6,10-17,20H,1,7-9,18-19H2,2-3H3. The van der Waals surface area contributed by atoms with Crippen LogP contribution in [0.3, 0.4) is 0 Å². The Kier molecular flexibility index (Phi) is 6.90. The molecule has 0 aliphatic heterocycles. The Morgan fingerprint density at radius 1 is 0.969 bits per heavy atom. The van der Waals surface area contributed by atoms with Gasteiger partial charge in [-0.05, 0) is 56.0 Å². The molecule has 0 radical (unpaired) electrons. The first-order valence-corrected chi connectivity index (χ1v) is 11.1. The van der Waals surface area contributed by atoms with Crippen LogP contribution in [-0.2, 0) is 13.0 Å². The van der Waals surface area contributed by atoms with Crippen molar-refractivity contribution in [1.82, 2.24) is 9.55 Å². The number of aryl methyl sites for hydroxylation is 2. The van der Waals surface area contributed by atoms with Crippen molar-refractivity contribution in [2.24, 2.45) is 0 Å². The lowest BCUT2D eigenvalue weighted by atomic mass is 10.1. The molecule has 0 unspecified atom stereocenters. The summed E-state index contributed by atoms with van der Waals surface area (Å²) < 4.78 is 13.8. The summed E-state index contributed by atoms with van der Waals surface area (Å²) in [5, 5.41) is 0. The van der Waals surface area contributed by atoms with E-state index in [4.69, 9.17) is 14.5 Å². The molecular weight excluding hydrogens is 396 g/mol. The Morgan fingerprint density at radius 2 is 1.78 bits per heavy atom. The molecule has 0 bridgehead atoms. The first-order chi connectivity index (χ1) is 15.7. The highest BCUT2D eigenvalue weighted by atomic mass is 16.5. The van der Waals surface area contributed by atoms with Crippen molar-refractivity contribution in [1.29, 1.82) is 0 Å². The molecule has 0 saturated heterocycles. The number of imidazole rings is 1. The average Bonchev–Trinajstić information content (AvgIpc) is 3.18. The maximum absolute atomic E-state index is 6.02. The zero-order chi connectivity index (χ0) is 22.3. The van der Waals surface area contributed by atoms with Crippen molar-refractivity contribution in [2.75, 3.05) is 13.7 Å². The average molecular weight is 427 g/mol. The number of fused-ring (bicyclic) bond motifs is 1. The molecule has 1 heterocycles. The van der Waals surface area contributed by atoms with E-state index in [-0.39, 0.29) is 0 Å². The SMILES string of the molecule is C=CCc1ccc(OCCCCn2c(-c3ccc(C)cc3)nc3ccccc32)c(OC)c1. The summed E-state index contributed by atoms with van der Waals surface area (Å²) >= 11 is 0. The molecule has 0 fully saturated rings. The highest BCUT2D eigenvalue weighted by Crippen LogP contribution is 2.29. The molecular formula is C28H30N2O2. The molecule has 4 rings (SSSR count). The minimum Gasteiger partial charge on any atom is -0.493 e. The van der Waals surface area contributed by atoms with E-state index in [1.165, 1.54) is 16.6 Å². The highest BCUT2D eigenvalue weighted by Gasteiger charge is 2.12. The fourth-order valence-corrected chi connectivity index (χ4v) is 3.90. The number of allylic oxidation sites excluding steroid dienone is 1. The van der Waals surface area contributed by atoms with Crippen LogP contribution < -0.4 is 9.47 Å². The third-order valence-electron chi connectivity index (χ3n) is 5.61. The molecule has 4 aromatic rings. The number of benzene rings is 3. The Balaban J connectivity index is 1.42. The lowest BCUT2D eigenvalue weighted by Crippen LogP contribution is -2.04. The largest absolute Gasteiger partial charge is 0.493 e. The molecule has 0 N–H and O–H groups in total. The Labute approximate surface area is 190 Å². The molecule has 32 heavy (non-hydrogen) atoms. The third-order valence-corrected chi connectivity index (χ3v) is 5.61. The first kappa shape index (κ1) is 21.7. The van der Waals surface area contributed by atoms with Crippen molar-refractivity contribution in [2.45, 2.75) is 32.7 Å². The number of unbranched alkanes of at least 4 members (excludes halogenated alkanes) is 1.